The molecule has 0 amide bonds. The quantitative estimate of drug-likeness (QED) is 0.878. The van der Waals surface area contributed by atoms with E-state index in [1.54, 1.807) is 0 Å². The second-order valence-corrected chi connectivity index (χ2v) is 4.95. The Morgan fingerprint density at radius 3 is 2.39 bits per heavy atom. The Hall–Kier alpha value is -1.09. The van der Waals surface area contributed by atoms with Crippen LogP contribution in [0.25, 0.3) is 0 Å². The molecule has 100 valence electrons. The van der Waals surface area contributed by atoms with Gasteiger partial charge in [0.25, 0.3) is 0 Å². The molecule has 18 heavy (non-hydrogen) atoms. The third-order valence-electron chi connectivity index (χ3n) is 3.37. The molecule has 0 aliphatic carbocycles. The monoisotopic (exact) mass is 269 g/mol. The van der Waals surface area contributed by atoms with Gasteiger partial charge in [0.2, 0.25) is 0 Å². The highest BCUT2D eigenvalue weighted by Gasteiger charge is 2.15. The summed E-state index contributed by atoms with van der Waals surface area (Å²) in [6.45, 7) is 6.54. The molecular formula is C14H20ClNO2. The number of hydrogen-bond donors (Lipinski definition) is 1. The van der Waals surface area contributed by atoms with Gasteiger partial charge in [0.1, 0.15) is 13.2 Å². The van der Waals surface area contributed by atoms with E-state index in [0.29, 0.717) is 24.2 Å². The van der Waals surface area contributed by atoms with E-state index in [2.05, 4.69) is 19.2 Å². The smallest absolute Gasteiger partial charge is 0.163 e. The Morgan fingerprint density at radius 2 is 1.78 bits per heavy atom. The maximum Gasteiger partial charge on any atom is 0.163 e. The number of benzene rings is 1. The van der Waals surface area contributed by atoms with Crippen molar-refractivity contribution in [2.45, 2.75) is 26.7 Å². The van der Waals surface area contributed by atoms with Gasteiger partial charge in [-0.15, -0.1) is 0 Å². The Bertz CT molecular complexity index is 405. The molecule has 0 radical (unpaired) electrons. The molecule has 1 N–H and O–H groups in total. The number of anilines is 1. The normalized spacial score (nSPS) is 13.8. The third kappa shape index (κ3) is 3.02. The number of halogens is 1. The first kappa shape index (κ1) is 13.3. The predicted molar refractivity (Wildman–Crippen MR) is 75.0 cm³/mol. The summed E-state index contributed by atoms with van der Waals surface area (Å²) in [5, 5.41) is 4.08. The molecule has 0 saturated carbocycles. The largest absolute Gasteiger partial charge is 0.486 e. The Morgan fingerprint density at radius 1 is 1.17 bits per heavy atom. The van der Waals surface area contributed by atoms with Crippen LogP contribution in [0.3, 0.4) is 0 Å². The van der Waals surface area contributed by atoms with Crippen molar-refractivity contribution < 1.29 is 9.47 Å². The van der Waals surface area contributed by atoms with E-state index in [9.17, 15) is 0 Å². The van der Waals surface area contributed by atoms with E-state index in [0.717, 1.165) is 23.7 Å². The molecule has 1 aliphatic heterocycles. The van der Waals surface area contributed by atoms with Gasteiger partial charge < -0.3 is 14.8 Å². The van der Waals surface area contributed by atoms with Crippen molar-refractivity contribution in [2.24, 2.45) is 5.92 Å². The minimum atomic E-state index is 0.587. The van der Waals surface area contributed by atoms with Gasteiger partial charge in [-0.05, 0) is 5.92 Å². The SMILES string of the molecule is CCC(CC)CNc1cc2c(cc1Cl)OCCO2. The second kappa shape index (κ2) is 6.19. The predicted octanol–water partition coefficient (Wildman–Crippen LogP) is 3.96. The molecular weight excluding hydrogens is 250 g/mol. The fourth-order valence-corrected chi connectivity index (χ4v) is 2.25. The van der Waals surface area contributed by atoms with Crippen molar-refractivity contribution in [1.29, 1.82) is 0 Å². The fourth-order valence-electron chi connectivity index (χ4n) is 2.03. The molecule has 0 fully saturated rings. The van der Waals surface area contributed by atoms with Crippen LogP contribution in [0.4, 0.5) is 5.69 Å². The average molecular weight is 270 g/mol. The molecule has 1 aliphatic rings. The number of fused-ring (bicyclic) bond motifs is 1. The minimum Gasteiger partial charge on any atom is -0.486 e. The summed E-state index contributed by atoms with van der Waals surface area (Å²) < 4.78 is 11.0. The van der Waals surface area contributed by atoms with Crippen LogP contribution in [-0.2, 0) is 0 Å². The summed E-state index contributed by atoms with van der Waals surface area (Å²) >= 11 is 6.23. The Labute approximate surface area is 113 Å². The lowest BCUT2D eigenvalue weighted by molar-refractivity contribution is 0.171. The van der Waals surface area contributed by atoms with E-state index < -0.39 is 0 Å². The van der Waals surface area contributed by atoms with Gasteiger partial charge in [0.05, 0.1) is 10.7 Å². The summed E-state index contributed by atoms with van der Waals surface area (Å²) in [6, 6.07) is 3.75. The third-order valence-corrected chi connectivity index (χ3v) is 3.68. The van der Waals surface area contributed by atoms with Crippen LogP contribution in [0, 0.1) is 5.92 Å². The summed E-state index contributed by atoms with van der Waals surface area (Å²) in [4.78, 5) is 0. The average Bonchev–Trinajstić information content (AvgIpc) is 2.40. The molecule has 0 bridgehead atoms. The first-order chi connectivity index (χ1) is 8.74. The van der Waals surface area contributed by atoms with Crippen LogP contribution in [-0.4, -0.2) is 19.8 Å². The molecule has 3 nitrogen and oxygen atoms in total. The van der Waals surface area contributed by atoms with Crippen LogP contribution >= 0.6 is 11.6 Å². The lowest BCUT2D eigenvalue weighted by Crippen LogP contribution is -2.16. The maximum atomic E-state index is 6.23. The number of rotatable bonds is 5. The molecule has 0 saturated heterocycles. The summed E-state index contributed by atoms with van der Waals surface area (Å²) in [7, 11) is 0. The molecule has 0 aromatic heterocycles. The van der Waals surface area contributed by atoms with Crippen molar-refractivity contribution in [2.75, 3.05) is 25.1 Å². The topological polar surface area (TPSA) is 30.5 Å². The van der Waals surface area contributed by atoms with E-state index in [-0.39, 0.29) is 0 Å². The van der Waals surface area contributed by atoms with Gasteiger partial charge >= 0.3 is 0 Å². The Kier molecular flexibility index (Phi) is 4.59. The van der Waals surface area contributed by atoms with Crippen molar-refractivity contribution >= 4 is 17.3 Å². The van der Waals surface area contributed by atoms with Crippen LogP contribution in [0.5, 0.6) is 11.5 Å². The highest BCUT2D eigenvalue weighted by Crippen LogP contribution is 2.38. The molecule has 4 heteroatoms. The number of ether oxygens (including phenoxy) is 2. The maximum absolute atomic E-state index is 6.23. The molecule has 1 heterocycles. The lowest BCUT2D eigenvalue weighted by atomic mass is 10.0. The second-order valence-electron chi connectivity index (χ2n) is 4.54. The standard InChI is InChI=1S/C14H20ClNO2/c1-3-10(4-2)9-16-12-8-14-13(7-11(12)15)17-5-6-18-14/h7-8,10,16H,3-6,9H2,1-2H3. The summed E-state index contributed by atoms with van der Waals surface area (Å²) in [5.74, 6) is 2.19. The highest BCUT2D eigenvalue weighted by atomic mass is 35.5. The van der Waals surface area contributed by atoms with Crippen molar-refractivity contribution in [3.8, 4) is 11.5 Å². The summed E-state index contributed by atoms with van der Waals surface area (Å²) in [5.41, 5.74) is 0.924. The van der Waals surface area contributed by atoms with Gasteiger partial charge in [-0.2, -0.15) is 0 Å². The molecule has 2 rings (SSSR count). The minimum absolute atomic E-state index is 0.587. The lowest BCUT2D eigenvalue weighted by Gasteiger charge is -2.21. The zero-order chi connectivity index (χ0) is 13.0. The van der Waals surface area contributed by atoms with Gasteiger partial charge in [0, 0.05) is 18.7 Å². The molecule has 0 atom stereocenters. The van der Waals surface area contributed by atoms with E-state index in [1.807, 2.05) is 12.1 Å². The van der Waals surface area contributed by atoms with Crippen molar-refractivity contribution in [3.63, 3.8) is 0 Å². The molecule has 0 spiro atoms. The number of nitrogens with one attached hydrogen (secondary N) is 1. The first-order valence-corrected chi connectivity index (χ1v) is 6.95. The van der Waals surface area contributed by atoms with Crippen LogP contribution < -0.4 is 14.8 Å². The Balaban J connectivity index is 2.08. The van der Waals surface area contributed by atoms with Gasteiger partial charge in [-0.3, -0.25) is 0 Å². The van der Waals surface area contributed by atoms with Gasteiger partial charge in [0.15, 0.2) is 11.5 Å². The molecule has 1 aromatic rings. The molecule has 0 unspecified atom stereocenters. The van der Waals surface area contributed by atoms with Gasteiger partial charge in [-0.1, -0.05) is 38.3 Å². The zero-order valence-corrected chi connectivity index (χ0v) is 11.7. The zero-order valence-electron chi connectivity index (χ0n) is 11.0. The van der Waals surface area contributed by atoms with Crippen molar-refractivity contribution in [1.82, 2.24) is 0 Å². The fraction of sp³-hybridized carbons (Fsp3) is 0.571. The van der Waals surface area contributed by atoms with E-state index in [1.165, 1.54) is 12.8 Å². The first-order valence-electron chi connectivity index (χ1n) is 6.57. The highest BCUT2D eigenvalue weighted by molar-refractivity contribution is 6.33. The summed E-state index contributed by atoms with van der Waals surface area (Å²) in [6.07, 6.45) is 2.34. The molecule has 1 aromatic carbocycles. The van der Waals surface area contributed by atoms with Crippen LogP contribution in [0.2, 0.25) is 5.02 Å². The van der Waals surface area contributed by atoms with Gasteiger partial charge in [-0.25, -0.2) is 0 Å². The number of hydrogen-bond acceptors (Lipinski definition) is 3. The van der Waals surface area contributed by atoms with E-state index in [4.69, 9.17) is 21.1 Å². The van der Waals surface area contributed by atoms with Crippen molar-refractivity contribution in [3.05, 3.63) is 17.2 Å². The van der Waals surface area contributed by atoms with Crippen LogP contribution in [0.1, 0.15) is 26.7 Å². The van der Waals surface area contributed by atoms with E-state index >= 15 is 0 Å². The van der Waals surface area contributed by atoms with Crippen LogP contribution in [0.15, 0.2) is 12.1 Å².